The van der Waals surface area contributed by atoms with Gasteiger partial charge >= 0.3 is 30.0 Å². The van der Waals surface area contributed by atoms with Gasteiger partial charge in [0, 0.05) is 19.9 Å². The summed E-state index contributed by atoms with van der Waals surface area (Å²) in [5.74, 6) is -12.2. The molecule has 0 spiro atoms. The van der Waals surface area contributed by atoms with Crippen LogP contribution < -0.4 is 48.3 Å². The minimum atomic E-state index is -1.16. The molecule has 31 nitrogen and oxygen atoms in total. The molecule has 2 bridgehead atoms. The molecule has 6 atom stereocenters. The highest BCUT2D eigenvalue weighted by atomic mass is 19.1. The van der Waals surface area contributed by atoms with Gasteiger partial charge in [0.1, 0.15) is 64.9 Å². The highest BCUT2D eigenvalue weighted by Gasteiger charge is 2.30. The van der Waals surface area contributed by atoms with Gasteiger partial charge in [0.2, 0.25) is 5.91 Å². The Morgan fingerprint density at radius 1 is 0.731 bits per heavy atom. The van der Waals surface area contributed by atoms with Crippen molar-refractivity contribution in [2.45, 2.75) is 216 Å². The molecule has 588 valence electrons. The average molecular weight is 1510 g/mol. The summed E-state index contributed by atoms with van der Waals surface area (Å²) < 4.78 is 63.6. The Morgan fingerprint density at radius 3 is 1.68 bits per heavy atom. The van der Waals surface area contributed by atoms with Gasteiger partial charge in [0.05, 0.1) is 49.1 Å². The van der Waals surface area contributed by atoms with E-state index in [0.717, 1.165) is 50.3 Å². The number of carboxylic acid groups (broad SMARTS) is 1. The van der Waals surface area contributed by atoms with Crippen LogP contribution in [0.4, 0.5) is 18.0 Å². The van der Waals surface area contributed by atoms with Crippen LogP contribution in [0.25, 0.3) is 0 Å². The Kier molecular flexibility index (Phi) is 43.5. The Morgan fingerprint density at radius 2 is 1.21 bits per heavy atom. The molecule has 0 unspecified atom stereocenters. The topological polar surface area (TPSA) is 464 Å². The summed E-state index contributed by atoms with van der Waals surface area (Å²) in [4.78, 5) is 171. The lowest BCUT2D eigenvalue weighted by molar-refractivity contribution is -0.153. The Bertz CT molecular complexity index is 3880. The number of allylic oxidation sites excluding steroid dienone is 6. The van der Waals surface area contributed by atoms with E-state index in [1.165, 1.54) is 97.9 Å². The molecular formula is C74H98F3N13O18. The number of pyridine rings is 3. The van der Waals surface area contributed by atoms with Crippen LogP contribution in [0, 0.1) is 28.8 Å². The molecule has 4 rings (SSSR count). The number of carboxylic acids is 1. The first kappa shape index (κ1) is 94.3. The van der Waals surface area contributed by atoms with E-state index in [0.29, 0.717) is 6.42 Å². The first-order valence-electron chi connectivity index (χ1n) is 34.3. The molecule has 1 aliphatic heterocycles. The molecule has 108 heavy (non-hydrogen) atoms. The summed E-state index contributed by atoms with van der Waals surface area (Å²) in [5.41, 5.74) is 3.09. The number of nitriles is 1. The van der Waals surface area contributed by atoms with Gasteiger partial charge in [-0.25, -0.2) is 47.3 Å². The summed E-state index contributed by atoms with van der Waals surface area (Å²) in [7, 11) is 0. The number of esters is 3. The number of amides is 8. The minimum absolute atomic E-state index is 0.00624. The molecule has 0 saturated carbocycles. The first-order valence-corrected chi connectivity index (χ1v) is 34.3. The molecule has 3 aromatic heterocycles. The zero-order valence-electron chi connectivity index (χ0n) is 63.0. The molecule has 3 aromatic rings. The smallest absolute Gasteiger partial charge is 0.407 e. The fourth-order valence-electron chi connectivity index (χ4n) is 8.38. The molecule has 0 aromatic carbocycles. The van der Waals surface area contributed by atoms with Crippen molar-refractivity contribution in [3.8, 4) is 6.07 Å². The SMILES string of the molecule is C/C=C(\NC(=O)c1nc(CN)ccc1F)C(=O)N[C@@H](C)C(=O)O[C@H](/C=C/CCC)CC(=O)O.C/C=C(\NC(=O)c1nc(CNC(=O)OC(C)(C)C)ccc1F)C(=O)N[C@@H](C)C(=O)O[C@H](/C=C/CCC)CC(C)=O.C/C=C1\NC(=O)c2nc(ccc2F)CNC(=O)C[C@@H](/C=C/CCC)OC(=O)[C@H](C)NC1=O.CC#N. The second-order valence-electron chi connectivity index (χ2n) is 24.3. The lowest BCUT2D eigenvalue weighted by Crippen LogP contribution is -2.44. The number of hydrogen-bond donors (Lipinski definition) is 10. The minimum Gasteiger partial charge on any atom is -0.481 e. The molecule has 11 N–H and O–H groups in total. The number of ketones is 1. The van der Waals surface area contributed by atoms with Crippen LogP contribution in [-0.4, -0.2) is 139 Å². The third-order valence-corrected chi connectivity index (χ3v) is 13.8. The standard InChI is InChI=1S/C28H39FN4O7.C22H29FN4O6.C22H27FN4O5.C2H3N/c1-8-10-11-12-20(15-17(3)34)39-26(37)18(4)31-24(35)22(9-2)33-25(36)23-21(29)14-13-19(32-23)16-30-27(38)40-28(5,6)7;1-4-6-7-8-15(11-18(28)29)33-22(32)13(3)25-20(30)17(5-2)27-21(31)19-16(23)10-9-14(12-24)26-19;1-4-6-7-8-15-11-18(28)24-12-14-9-10-16(23)19(26-14)21(30)27-17(5-2)20(29)25-13(3)22(31)32-15;1-2-3/h9,11-14,18,20H,8,10,15-16H2,1-7H3,(H,30,38)(H,31,35)(H,33,36);5,7-10,13,15H,4,6,11-12,24H2,1-3H3,(H,25,30)(H,27,31)(H,28,29);5,7-10,13,15H,4,6,11-12H2,1-3H3,(H,24,28)(H,25,29)(H,27,30);1H3/b12-11+,22-9-;2*8-7+,17-5-;/t18-,20+;2*13-,15+;/m000./s1. The van der Waals surface area contributed by atoms with Gasteiger partial charge in [-0.2, -0.15) is 5.26 Å². The van der Waals surface area contributed by atoms with Crippen LogP contribution in [0.1, 0.15) is 203 Å². The van der Waals surface area contributed by atoms with E-state index < -0.39 is 154 Å². The largest absolute Gasteiger partial charge is 0.481 e. The molecule has 0 aliphatic carbocycles. The summed E-state index contributed by atoms with van der Waals surface area (Å²) in [6.07, 6.45) is 14.8. The third kappa shape index (κ3) is 36.8. The van der Waals surface area contributed by atoms with Crippen LogP contribution >= 0.6 is 0 Å². The second-order valence-corrected chi connectivity index (χ2v) is 24.3. The number of carbonyl (C=O) groups excluding carboxylic acids is 12. The van der Waals surface area contributed by atoms with E-state index in [9.17, 15) is 75.5 Å². The number of cyclic esters (lactones) is 1. The molecule has 0 radical (unpaired) electrons. The van der Waals surface area contributed by atoms with Crippen molar-refractivity contribution in [3.63, 3.8) is 0 Å². The Balaban J connectivity index is 0.000000800. The molecule has 0 saturated heterocycles. The normalized spacial score (nSPS) is 15.7. The van der Waals surface area contributed by atoms with Crippen LogP contribution in [0.15, 0.2) is 108 Å². The number of nitrogens with zero attached hydrogens (tertiary/aromatic N) is 4. The van der Waals surface area contributed by atoms with E-state index in [-0.39, 0.29) is 72.4 Å². The van der Waals surface area contributed by atoms with Crippen molar-refractivity contribution >= 4 is 77.1 Å². The number of ether oxygens (including phenoxy) is 4. The monoisotopic (exact) mass is 1510 g/mol. The van der Waals surface area contributed by atoms with Gasteiger partial charge in [0.25, 0.3) is 35.4 Å². The van der Waals surface area contributed by atoms with E-state index >= 15 is 0 Å². The number of rotatable bonds is 28. The Labute approximate surface area is 625 Å². The van der Waals surface area contributed by atoms with Crippen molar-refractivity contribution in [3.05, 3.63) is 160 Å². The van der Waals surface area contributed by atoms with Gasteiger partial charge in [0.15, 0.2) is 34.5 Å². The highest BCUT2D eigenvalue weighted by molar-refractivity contribution is 6.05. The van der Waals surface area contributed by atoms with E-state index in [1.54, 1.807) is 45.1 Å². The lowest BCUT2D eigenvalue weighted by atomic mass is 10.1. The van der Waals surface area contributed by atoms with E-state index in [2.05, 4.69) is 57.5 Å². The number of fused-ring (bicyclic) bond motifs is 2. The van der Waals surface area contributed by atoms with Gasteiger partial charge < -0.3 is 72.3 Å². The van der Waals surface area contributed by atoms with E-state index in [1.807, 2.05) is 32.9 Å². The average Bonchev–Trinajstić information content (AvgIpc) is 0.847. The maximum atomic E-state index is 14.4. The summed E-state index contributed by atoms with van der Waals surface area (Å²) in [6.45, 7) is 22.2. The molecule has 4 heterocycles. The fourth-order valence-corrected chi connectivity index (χ4v) is 8.38. The third-order valence-electron chi connectivity index (χ3n) is 13.8. The number of aliphatic carboxylic acids is 1. The number of hydrogen-bond acceptors (Lipinski definition) is 22. The predicted octanol–water partition coefficient (Wildman–Crippen LogP) is 7.37. The number of alkyl carbamates (subject to hydrolysis) is 1. The Hall–Kier alpha value is -11.8. The van der Waals surface area contributed by atoms with Crippen molar-refractivity contribution in [1.82, 2.24) is 57.5 Å². The number of unbranched alkanes of at least 4 members (excludes halogenated alkanes) is 3. The first-order chi connectivity index (χ1) is 50.9. The summed E-state index contributed by atoms with van der Waals surface area (Å²) >= 11 is 0. The number of halogens is 3. The fraction of sp³-hybridized carbons (Fsp3) is 0.446. The van der Waals surface area contributed by atoms with Crippen LogP contribution in [-0.2, 0) is 81.7 Å². The van der Waals surface area contributed by atoms with Gasteiger partial charge in [-0.05, 0) is 143 Å². The number of nitrogens with one attached hydrogen (secondary N) is 8. The van der Waals surface area contributed by atoms with Crippen molar-refractivity contribution in [2.75, 3.05) is 0 Å². The molecule has 0 fully saturated rings. The maximum Gasteiger partial charge on any atom is 0.407 e. The molecule has 34 heteroatoms. The van der Waals surface area contributed by atoms with Gasteiger partial charge in [-0.1, -0.05) is 76.5 Å². The maximum absolute atomic E-state index is 14.4. The van der Waals surface area contributed by atoms with Gasteiger partial charge in [-0.3, -0.25) is 43.2 Å². The van der Waals surface area contributed by atoms with Gasteiger partial charge in [-0.15, -0.1) is 0 Å². The zero-order valence-corrected chi connectivity index (χ0v) is 63.0. The number of nitrogens with two attached hydrogens (primary N) is 1. The number of carbonyl (C=O) groups is 13. The predicted molar refractivity (Wildman–Crippen MR) is 387 cm³/mol. The molecule has 8 amide bonds. The lowest BCUT2D eigenvalue weighted by Gasteiger charge is -2.19. The molecular weight excluding hydrogens is 1420 g/mol. The van der Waals surface area contributed by atoms with Crippen LogP contribution in [0.2, 0.25) is 0 Å². The van der Waals surface area contributed by atoms with Crippen LogP contribution in [0.5, 0.6) is 0 Å². The highest BCUT2D eigenvalue weighted by Crippen LogP contribution is 2.15. The number of Topliss-reactive ketones (excluding diaryl/α,β-unsaturated/α-hetero) is 1. The quantitative estimate of drug-likeness (QED) is 0.0147. The van der Waals surface area contributed by atoms with Crippen LogP contribution in [0.3, 0.4) is 0 Å². The van der Waals surface area contributed by atoms with Crippen molar-refractivity contribution < 1.29 is 99.6 Å². The van der Waals surface area contributed by atoms with E-state index in [4.69, 9.17) is 35.0 Å². The zero-order chi connectivity index (χ0) is 81.8. The summed E-state index contributed by atoms with van der Waals surface area (Å²) in [5, 5.41) is 35.4. The van der Waals surface area contributed by atoms with Crippen molar-refractivity contribution in [1.29, 1.82) is 5.26 Å². The summed E-state index contributed by atoms with van der Waals surface area (Å²) in [6, 6.07) is 5.47. The molecule has 1 aliphatic rings. The van der Waals surface area contributed by atoms with Crippen molar-refractivity contribution in [2.24, 2.45) is 5.73 Å². The number of aromatic nitrogens is 3. The second kappa shape index (κ2) is 49.9.